The summed E-state index contributed by atoms with van der Waals surface area (Å²) in [7, 11) is 0. The maximum absolute atomic E-state index is 13.7. The number of halogens is 2. The van der Waals surface area contributed by atoms with Gasteiger partial charge in [-0.05, 0) is 19.1 Å². The van der Waals surface area contributed by atoms with E-state index in [9.17, 15) is 13.6 Å². The average molecular weight is 299 g/mol. The minimum atomic E-state index is -1.05. The summed E-state index contributed by atoms with van der Waals surface area (Å²) in [5.41, 5.74) is -0.120. The van der Waals surface area contributed by atoms with Gasteiger partial charge in [0.2, 0.25) is 5.91 Å². The minimum absolute atomic E-state index is 0.120. The molecule has 20 heavy (non-hydrogen) atoms. The molecular weight excluding hydrogens is 288 g/mol. The molecule has 5 nitrogen and oxygen atoms in total. The topological polar surface area (TPSA) is 63.1 Å². The van der Waals surface area contributed by atoms with Crippen LogP contribution in [-0.4, -0.2) is 29.6 Å². The molecule has 0 saturated carbocycles. The van der Waals surface area contributed by atoms with E-state index in [2.05, 4.69) is 15.5 Å². The number of thioether (sulfide) groups is 1. The minimum Gasteiger partial charge on any atom is -0.493 e. The molecule has 2 rings (SSSR count). The molecule has 1 aromatic rings. The Morgan fingerprint density at radius 1 is 1.50 bits per heavy atom. The molecule has 1 fully saturated rings. The van der Waals surface area contributed by atoms with Crippen molar-refractivity contribution in [1.82, 2.24) is 5.32 Å². The summed E-state index contributed by atoms with van der Waals surface area (Å²) in [6.45, 7) is 2.04. The molecule has 0 unspecified atom stereocenters. The molecule has 1 amide bonds. The fourth-order valence-corrected chi connectivity index (χ4v) is 2.10. The zero-order valence-corrected chi connectivity index (χ0v) is 11.3. The van der Waals surface area contributed by atoms with Crippen LogP contribution in [-0.2, 0) is 4.79 Å². The van der Waals surface area contributed by atoms with Gasteiger partial charge in [0.25, 0.3) is 0 Å². The third-order valence-corrected chi connectivity index (χ3v) is 3.18. The van der Waals surface area contributed by atoms with Gasteiger partial charge < -0.3 is 10.1 Å². The number of rotatable bonds is 4. The molecule has 0 radical (unpaired) electrons. The maximum atomic E-state index is 13.7. The molecule has 0 spiro atoms. The quantitative estimate of drug-likeness (QED) is 0.682. The summed E-state index contributed by atoms with van der Waals surface area (Å²) in [5, 5.41) is 10.1. The van der Waals surface area contributed by atoms with Crippen molar-refractivity contribution in [2.24, 2.45) is 10.2 Å². The second kappa shape index (κ2) is 6.47. The fraction of sp³-hybridized carbons (Fsp3) is 0.250. The number of nitrogens with one attached hydrogen (secondary N) is 1. The Morgan fingerprint density at radius 2 is 2.30 bits per heavy atom. The second-order valence-electron chi connectivity index (χ2n) is 3.69. The molecule has 1 heterocycles. The summed E-state index contributed by atoms with van der Waals surface area (Å²) in [6, 6.07) is 2.30. The standard InChI is InChI=1S/C12H11F2N3O2S/c1-2-19-9-4-3-8(13)11(14)7(9)5-15-17-12-16-10(18)6-20-12/h3-5H,2,6H2,1H3,(H,16,17,18). The van der Waals surface area contributed by atoms with Crippen molar-refractivity contribution in [3.63, 3.8) is 0 Å². The van der Waals surface area contributed by atoms with Crippen molar-refractivity contribution >= 4 is 29.1 Å². The van der Waals surface area contributed by atoms with Gasteiger partial charge in [0.05, 0.1) is 24.1 Å². The van der Waals surface area contributed by atoms with E-state index in [-0.39, 0.29) is 23.0 Å². The summed E-state index contributed by atoms with van der Waals surface area (Å²) >= 11 is 1.18. The number of hydrogen-bond acceptors (Lipinski definition) is 5. The highest BCUT2D eigenvalue weighted by molar-refractivity contribution is 8.15. The van der Waals surface area contributed by atoms with Gasteiger partial charge in [0, 0.05) is 0 Å². The van der Waals surface area contributed by atoms with Gasteiger partial charge >= 0.3 is 0 Å². The lowest BCUT2D eigenvalue weighted by Gasteiger charge is -2.07. The number of hydrogen-bond donors (Lipinski definition) is 1. The van der Waals surface area contributed by atoms with Crippen molar-refractivity contribution in [3.05, 3.63) is 29.3 Å². The van der Waals surface area contributed by atoms with Gasteiger partial charge in [0.15, 0.2) is 16.8 Å². The number of ether oxygens (including phenoxy) is 1. The Labute approximate surface area is 118 Å². The monoisotopic (exact) mass is 299 g/mol. The van der Waals surface area contributed by atoms with Crippen LogP contribution in [0.5, 0.6) is 5.75 Å². The molecule has 0 aromatic heterocycles. The Balaban J connectivity index is 2.23. The van der Waals surface area contributed by atoms with Crippen LogP contribution in [0.1, 0.15) is 12.5 Å². The van der Waals surface area contributed by atoms with Gasteiger partial charge in [-0.25, -0.2) is 8.78 Å². The lowest BCUT2D eigenvalue weighted by atomic mass is 10.2. The first-order valence-electron chi connectivity index (χ1n) is 5.76. The van der Waals surface area contributed by atoms with E-state index in [1.54, 1.807) is 6.92 Å². The Hall–Kier alpha value is -1.96. The Bertz CT molecular complexity index is 590. The fourth-order valence-electron chi connectivity index (χ4n) is 1.47. The van der Waals surface area contributed by atoms with Crippen LogP contribution in [0.15, 0.2) is 22.3 Å². The number of carbonyl (C=O) groups excluding carboxylic acids is 1. The molecule has 8 heteroatoms. The molecule has 1 N–H and O–H groups in total. The first kappa shape index (κ1) is 14.4. The number of amidine groups is 1. The van der Waals surface area contributed by atoms with Crippen molar-refractivity contribution in [2.45, 2.75) is 6.92 Å². The van der Waals surface area contributed by atoms with E-state index in [1.807, 2.05) is 0 Å². The highest BCUT2D eigenvalue weighted by atomic mass is 32.2. The maximum Gasteiger partial charge on any atom is 0.236 e. The molecule has 106 valence electrons. The van der Waals surface area contributed by atoms with Gasteiger partial charge in [-0.3, -0.25) is 4.79 Å². The van der Waals surface area contributed by atoms with Crippen molar-refractivity contribution in [1.29, 1.82) is 0 Å². The summed E-state index contributed by atoms with van der Waals surface area (Å²) in [6.07, 6.45) is 1.06. The second-order valence-corrected chi connectivity index (χ2v) is 4.66. The van der Waals surface area contributed by atoms with E-state index in [4.69, 9.17) is 4.74 Å². The van der Waals surface area contributed by atoms with E-state index in [1.165, 1.54) is 17.8 Å². The molecule has 0 bridgehead atoms. The third-order valence-electron chi connectivity index (χ3n) is 2.31. The normalized spacial score (nSPS) is 16.9. The summed E-state index contributed by atoms with van der Waals surface area (Å²) in [4.78, 5) is 10.9. The average Bonchev–Trinajstić information content (AvgIpc) is 2.83. The van der Waals surface area contributed by atoms with Crippen molar-refractivity contribution in [3.8, 4) is 5.75 Å². The van der Waals surface area contributed by atoms with Crippen molar-refractivity contribution < 1.29 is 18.3 Å². The number of benzene rings is 1. The zero-order chi connectivity index (χ0) is 14.5. The lowest BCUT2D eigenvalue weighted by molar-refractivity contribution is -0.116. The third kappa shape index (κ3) is 3.32. The molecule has 1 aromatic carbocycles. The number of nitrogens with zero attached hydrogens (tertiary/aromatic N) is 2. The molecule has 1 saturated heterocycles. The van der Waals surface area contributed by atoms with Gasteiger partial charge in [-0.1, -0.05) is 11.8 Å². The SMILES string of the molecule is CCOc1ccc(F)c(F)c1C=NN=C1NC(=O)CS1. The Morgan fingerprint density at radius 3 is 2.95 bits per heavy atom. The van der Waals surface area contributed by atoms with Crippen LogP contribution in [0.3, 0.4) is 0 Å². The highest BCUT2D eigenvalue weighted by Crippen LogP contribution is 2.22. The van der Waals surface area contributed by atoms with E-state index < -0.39 is 11.6 Å². The van der Waals surface area contributed by atoms with Gasteiger partial charge in [-0.15, -0.1) is 5.10 Å². The lowest BCUT2D eigenvalue weighted by Crippen LogP contribution is -2.19. The molecule has 1 aliphatic rings. The van der Waals surface area contributed by atoms with Gasteiger partial charge in [0.1, 0.15) is 5.75 Å². The Kier molecular flexibility index (Phi) is 4.67. The van der Waals surface area contributed by atoms with E-state index >= 15 is 0 Å². The van der Waals surface area contributed by atoms with Crippen LogP contribution < -0.4 is 10.1 Å². The van der Waals surface area contributed by atoms with E-state index in [0.29, 0.717) is 11.8 Å². The molecule has 1 aliphatic heterocycles. The van der Waals surface area contributed by atoms with Crippen LogP contribution in [0.2, 0.25) is 0 Å². The smallest absolute Gasteiger partial charge is 0.236 e. The molecular formula is C12H11F2N3O2S. The van der Waals surface area contributed by atoms with Crippen molar-refractivity contribution in [2.75, 3.05) is 12.4 Å². The first-order valence-corrected chi connectivity index (χ1v) is 6.75. The van der Waals surface area contributed by atoms with E-state index in [0.717, 1.165) is 12.3 Å². The van der Waals surface area contributed by atoms with Crippen LogP contribution in [0.25, 0.3) is 0 Å². The predicted molar refractivity (Wildman–Crippen MR) is 73.2 cm³/mol. The van der Waals surface area contributed by atoms with Gasteiger partial charge in [-0.2, -0.15) is 5.10 Å². The van der Waals surface area contributed by atoms with Crippen LogP contribution >= 0.6 is 11.8 Å². The number of carbonyl (C=O) groups is 1. The largest absolute Gasteiger partial charge is 0.493 e. The molecule has 0 atom stereocenters. The first-order chi connectivity index (χ1) is 9.61. The summed E-state index contributed by atoms with van der Waals surface area (Å²) < 4.78 is 32.1. The highest BCUT2D eigenvalue weighted by Gasteiger charge is 2.16. The predicted octanol–water partition coefficient (Wildman–Crippen LogP) is 1.92. The van der Waals surface area contributed by atoms with Crippen LogP contribution in [0, 0.1) is 11.6 Å². The zero-order valence-electron chi connectivity index (χ0n) is 10.5. The summed E-state index contributed by atoms with van der Waals surface area (Å²) in [5.74, 6) is -1.77. The molecule has 0 aliphatic carbocycles. The number of amides is 1. The van der Waals surface area contributed by atoms with Crippen LogP contribution in [0.4, 0.5) is 8.78 Å².